The summed E-state index contributed by atoms with van der Waals surface area (Å²) in [7, 11) is 1.96. The van der Waals surface area contributed by atoms with Gasteiger partial charge in [-0.2, -0.15) is 0 Å². The zero-order valence-corrected chi connectivity index (χ0v) is 9.93. The van der Waals surface area contributed by atoms with Crippen LogP contribution in [0.4, 0.5) is 11.4 Å². The van der Waals surface area contributed by atoms with Gasteiger partial charge in [0.15, 0.2) is 0 Å². The number of rotatable bonds is 3. The third-order valence-corrected chi connectivity index (χ3v) is 3.24. The van der Waals surface area contributed by atoms with Crippen molar-refractivity contribution in [3.05, 3.63) is 34.4 Å². The largest absolute Gasteiger partial charge is 0.370 e. The molecule has 0 saturated carbocycles. The lowest BCUT2D eigenvalue weighted by Gasteiger charge is -2.34. The predicted octanol–water partition coefficient (Wildman–Crippen LogP) is 1.78. The van der Waals surface area contributed by atoms with Gasteiger partial charge in [0.2, 0.25) is 0 Å². The van der Waals surface area contributed by atoms with E-state index in [-0.39, 0.29) is 10.6 Å². The lowest BCUT2D eigenvalue weighted by Crippen LogP contribution is -2.44. The minimum atomic E-state index is -0.344. The Bertz CT molecular complexity index is 408. The van der Waals surface area contributed by atoms with Gasteiger partial charge in [-0.25, -0.2) is 0 Å². The van der Waals surface area contributed by atoms with Crippen LogP contribution in [0.25, 0.3) is 0 Å². The van der Waals surface area contributed by atoms with Gasteiger partial charge < -0.3 is 10.2 Å². The third-order valence-electron chi connectivity index (χ3n) is 3.24. The number of nitrogens with zero attached hydrogens (tertiary/aromatic N) is 2. The summed E-state index contributed by atoms with van der Waals surface area (Å²) in [6.07, 6.45) is 2.29. The zero-order valence-electron chi connectivity index (χ0n) is 9.93. The number of anilines is 1. The van der Waals surface area contributed by atoms with Crippen molar-refractivity contribution in [1.82, 2.24) is 5.32 Å². The molecule has 17 heavy (non-hydrogen) atoms. The smallest absolute Gasteiger partial charge is 0.271 e. The highest BCUT2D eigenvalue weighted by molar-refractivity contribution is 5.53. The second-order valence-corrected chi connectivity index (χ2v) is 4.35. The number of hydrogen-bond donors (Lipinski definition) is 1. The van der Waals surface area contributed by atoms with Crippen molar-refractivity contribution in [1.29, 1.82) is 0 Å². The molecule has 1 aliphatic heterocycles. The fourth-order valence-electron chi connectivity index (χ4n) is 2.25. The van der Waals surface area contributed by atoms with Gasteiger partial charge in [-0.05, 0) is 26.0 Å². The number of benzene rings is 1. The van der Waals surface area contributed by atoms with Gasteiger partial charge in [0.05, 0.1) is 4.92 Å². The van der Waals surface area contributed by atoms with E-state index in [0.29, 0.717) is 6.04 Å². The van der Waals surface area contributed by atoms with Gasteiger partial charge in [-0.1, -0.05) is 6.07 Å². The Morgan fingerprint density at radius 3 is 3.06 bits per heavy atom. The van der Waals surface area contributed by atoms with Gasteiger partial charge in [0.25, 0.3) is 5.69 Å². The molecule has 0 radical (unpaired) electrons. The fourth-order valence-corrected chi connectivity index (χ4v) is 2.25. The Hall–Kier alpha value is -1.62. The first-order valence-corrected chi connectivity index (χ1v) is 5.87. The molecule has 0 aromatic heterocycles. The molecule has 5 heteroatoms. The van der Waals surface area contributed by atoms with E-state index in [1.165, 1.54) is 12.5 Å². The van der Waals surface area contributed by atoms with Crippen molar-refractivity contribution in [2.45, 2.75) is 18.9 Å². The minimum absolute atomic E-state index is 0.161. The topological polar surface area (TPSA) is 58.4 Å². The number of nitro benzene ring substituents is 1. The SMILES string of the molecule is CNC1CCCN(c2cccc([N+](=O)[O-])c2)C1. The first-order valence-electron chi connectivity index (χ1n) is 5.87. The Balaban J connectivity index is 2.16. The van der Waals surface area contributed by atoms with Gasteiger partial charge in [0, 0.05) is 37.0 Å². The normalized spacial score (nSPS) is 20.3. The number of nitrogens with one attached hydrogen (secondary N) is 1. The number of piperidine rings is 1. The maximum atomic E-state index is 10.7. The van der Waals surface area contributed by atoms with Crippen molar-refractivity contribution in [2.24, 2.45) is 0 Å². The van der Waals surface area contributed by atoms with E-state index in [0.717, 1.165) is 25.2 Å². The van der Waals surface area contributed by atoms with Crippen LogP contribution in [0.1, 0.15) is 12.8 Å². The summed E-state index contributed by atoms with van der Waals surface area (Å²) in [4.78, 5) is 12.6. The molecule has 92 valence electrons. The first kappa shape index (κ1) is 11.9. The highest BCUT2D eigenvalue weighted by Gasteiger charge is 2.19. The van der Waals surface area contributed by atoms with E-state index in [1.54, 1.807) is 12.1 Å². The van der Waals surface area contributed by atoms with Crippen molar-refractivity contribution >= 4 is 11.4 Å². The third kappa shape index (κ3) is 2.74. The number of likely N-dealkylation sites (N-methyl/N-ethyl adjacent to an activating group) is 1. The Kier molecular flexibility index (Phi) is 3.58. The minimum Gasteiger partial charge on any atom is -0.370 e. The molecule has 1 saturated heterocycles. The number of non-ortho nitro benzene ring substituents is 1. The van der Waals surface area contributed by atoms with Gasteiger partial charge in [-0.3, -0.25) is 10.1 Å². The maximum Gasteiger partial charge on any atom is 0.271 e. The maximum absolute atomic E-state index is 10.7. The van der Waals surface area contributed by atoms with E-state index in [4.69, 9.17) is 0 Å². The highest BCUT2D eigenvalue weighted by Crippen LogP contribution is 2.24. The molecule has 1 atom stereocenters. The second kappa shape index (κ2) is 5.14. The van der Waals surface area contributed by atoms with Gasteiger partial charge in [0.1, 0.15) is 0 Å². The molecule has 0 spiro atoms. The average Bonchev–Trinajstić information content (AvgIpc) is 2.39. The number of hydrogen-bond acceptors (Lipinski definition) is 4. The van der Waals surface area contributed by atoms with Crippen molar-refractivity contribution in [2.75, 3.05) is 25.0 Å². The van der Waals surface area contributed by atoms with Crippen LogP contribution in [-0.2, 0) is 0 Å². The molecule has 0 bridgehead atoms. The van der Waals surface area contributed by atoms with Crippen LogP contribution in [-0.4, -0.2) is 31.1 Å². The molecule has 0 aliphatic carbocycles. The van der Waals surface area contributed by atoms with Crippen molar-refractivity contribution < 1.29 is 4.92 Å². The van der Waals surface area contributed by atoms with E-state index in [1.807, 2.05) is 13.1 Å². The molecule has 1 N–H and O–H groups in total. The van der Waals surface area contributed by atoms with Crippen LogP contribution in [0.5, 0.6) is 0 Å². The van der Waals surface area contributed by atoms with Crippen LogP contribution in [0.3, 0.4) is 0 Å². The molecule has 1 aromatic carbocycles. The van der Waals surface area contributed by atoms with Gasteiger partial charge in [-0.15, -0.1) is 0 Å². The second-order valence-electron chi connectivity index (χ2n) is 4.35. The zero-order chi connectivity index (χ0) is 12.3. The molecule has 1 unspecified atom stereocenters. The van der Waals surface area contributed by atoms with Crippen LogP contribution in [0.2, 0.25) is 0 Å². The lowest BCUT2D eigenvalue weighted by molar-refractivity contribution is -0.384. The van der Waals surface area contributed by atoms with Crippen LogP contribution < -0.4 is 10.2 Å². The summed E-state index contributed by atoms with van der Waals surface area (Å²) in [5.74, 6) is 0. The quantitative estimate of drug-likeness (QED) is 0.641. The van der Waals surface area contributed by atoms with E-state index >= 15 is 0 Å². The highest BCUT2D eigenvalue weighted by atomic mass is 16.6. The van der Waals surface area contributed by atoms with Crippen molar-refractivity contribution in [3.8, 4) is 0 Å². The Morgan fingerprint density at radius 2 is 2.35 bits per heavy atom. The van der Waals surface area contributed by atoms with Crippen molar-refractivity contribution in [3.63, 3.8) is 0 Å². The molecule has 1 aromatic rings. The molecular weight excluding hydrogens is 218 g/mol. The fraction of sp³-hybridized carbons (Fsp3) is 0.500. The molecule has 1 fully saturated rings. The van der Waals surface area contributed by atoms with Crippen LogP contribution in [0, 0.1) is 10.1 Å². The summed E-state index contributed by atoms with van der Waals surface area (Å²) in [6.45, 7) is 1.89. The molecular formula is C12H17N3O2. The summed E-state index contributed by atoms with van der Waals surface area (Å²) < 4.78 is 0. The molecule has 5 nitrogen and oxygen atoms in total. The Labute approximate surface area is 101 Å². The molecule has 1 heterocycles. The van der Waals surface area contributed by atoms with Gasteiger partial charge >= 0.3 is 0 Å². The standard InChI is InChI=1S/C12H17N3O2/c1-13-10-4-3-7-14(9-10)11-5-2-6-12(8-11)15(16)17/h2,5-6,8,10,13H,3-4,7,9H2,1H3. The van der Waals surface area contributed by atoms with E-state index in [9.17, 15) is 10.1 Å². The summed E-state index contributed by atoms with van der Waals surface area (Å²) in [6, 6.07) is 7.34. The Morgan fingerprint density at radius 1 is 1.53 bits per heavy atom. The average molecular weight is 235 g/mol. The predicted molar refractivity (Wildman–Crippen MR) is 67.4 cm³/mol. The first-order chi connectivity index (χ1) is 8.20. The van der Waals surface area contributed by atoms with Crippen LogP contribution in [0.15, 0.2) is 24.3 Å². The van der Waals surface area contributed by atoms with E-state index < -0.39 is 0 Å². The monoisotopic (exact) mass is 235 g/mol. The lowest BCUT2D eigenvalue weighted by atomic mass is 10.1. The summed E-state index contributed by atoms with van der Waals surface area (Å²) >= 11 is 0. The summed E-state index contributed by atoms with van der Waals surface area (Å²) in [5, 5.41) is 14.0. The van der Waals surface area contributed by atoms with E-state index in [2.05, 4.69) is 10.2 Å². The molecule has 0 amide bonds. The molecule has 2 rings (SSSR count). The number of nitro groups is 1. The van der Waals surface area contributed by atoms with Crippen LogP contribution >= 0.6 is 0 Å². The molecule has 1 aliphatic rings. The summed E-state index contributed by atoms with van der Waals surface area (Å²) in [5.41, 5.74) is 1.10.